The molecule has 1 nitrogen and oxygen atoms in total. The van der Waals surface area contributed by atoms with Crippen LogP contribution in [-0.4, -0.2) is 11.7 Å². The van der Waals surface area contributed by atoms with Crippen LogP contribution >= 0.6 is 0 Å². The summed E-state index contributed by atoms with van der Waals surface area (Å²) < 4.78 is 0. The zero-order chi connectivity index (χ0) is 6.57. The Labute approximate surface area is 50.3 Å². The van der Waals surface area contributed by atoms with Gasteiger partial charge in [-0.2, -0.15) is 0 Å². The minimum absolute atomic E-state index is 0.172. The largest absolute Gasteiger partial charge is 0.396 e. The van der Waals surface area contributed by atoms with Crippen LogP contribution in [0.25, 0.3) is 0 Å². The van der Waals surface area contributed by atoms with Crippen LogP contribution in [0.15, 0.2) is 24.3 Å². The van der Waals surface area contributed by atoms with Crippen molar-refractivity contribution >= 4 is 0 Å². The number of aliphatic hydroxyl groups excluding tert-OH is 1. The van der Waals surface area contributed by atoms with Gasteiger partial charge in [0.1, 0.15) is 0 Å². The molecule has 0 atom stereocenters. The number of rotatable bonds is 3. The summed E-state index contributed by atoms with van der Waals surface area (Å²) >= 11 is 0. The monoisotopic (exact) mass is 112 g/mol. The van der Waals surface area contributed by atoms with Gasteiger partial charge in [0.05, 0.1) is 0 Å². The Bertz CT molecular complexity index is 103. The van der Waals surface area contributed by atoms with Gasteiger partial charge in [-0.15, -0.1) is 0 Å². The van der Waals surface area contributed by atoms with Gasteiger partial charge in [-0.3, -0.25) is 0 Å². The van der Waals surface area contributed by atoms with Crippen LogP contribution in [0.1, 0.15) is 13.3 Å². The van der Waals surface area contributed by atoms with E-state index in [2.05, 4.69) is 13.2 Å². The summed E-state index contributed by atoms with van der Waals surface area (Å²) in [6, 6.07) is 0. The Balaban J connectivity index is 3.49. The molecule has 1 heteroatoms. The van der Waals surface area contributed by atoms with Gasteiger partial charge in [0.15, 0.2) is 0 Å². The Morgan fingerprint density at radius 3 is 2.12 bits per heavy atom. The first-order valence-electron chi connectivity index (χ1n) is 2.63. The SMILES string of the molecule is C=C(C)C(=C)CCO. The highest BCUT2D eigenvalue weighted by Gasteiger charge is 1.90. The number of allylic oxidation sites excluding steroid dienone is 1. The molecule has 1 N–H and O–H groups in total. The number of aliphatic hydroxyl groups is 1. The topological polar surface area (TPSA) is 20.2 Å². The first-order valence-corrected chi connectivity index (χ1v) is 2.63. The van der Waals surface area contributed by atoms with E-state index in [1.807, 2.05) is 6.92 Å². The summed E-state index contributed by atoms with van der Waals surface area (Å²) in [6.07, 6.45) is 0.648. The third-order valence-corrected chi connectivity index (χ3v) is 1.02. The van der Waals surface area contributed by atoms with Crippen LogP contribution in [0.3, 0.4) is 0 Å². The van der Waals surface area contributed by atoms with Gasteiger partial charge in [0.25, 0.3) is 0 Å². The molecule has 0 aromatic rings. The smallest absolute Gasteiger partial charge is 0.0471 e. The van der Waals surface area contributed by atoms with Crippen molar-refractivity contribution in [2.45, 2.75) is 13.3 Å². The zero-order valence-electron chi connectivity index (χ0n) is 5.28. The fourth-order valence-corrected chi connectivity index (χ4v) is 0.348. The van der Waals surface area contributed by atoms with Gasteiger partial charge >= 0.3 is 0 Å². The van der Waals surface area contributed by atoms with Crippen molar-refractivity contribution < 1.29 is 5.11 Å². The number of hydrogen-bond donors (Lipinski definition) is 1. The molecule has 0 unspecified atom stereocenters. The van der Waals surface area contributed by atoms with Crippen molar-refractivity contribution in [3.05, 3.63) is 24.3 Å². The van der Waals surface area contributed by atoms with Crippen LogP contribution < -0.4 is 0 Å². The zero-order valence-corrected chi connectivity index (χ0v) is 5.28. The van der Waals surface area contributed by atoms with Crippen LogP contribution in [-0.2, 0) is 0 Å². The molecule has 0 aromatic heterocycles. The minimum Gasteiger partial charge on any atom is -0.396 e. The standard InChI is InChI=1S/C7H12O/c1-6(2)7(3)4-5-8/h8H,1,3-5H2,2H3. The Hall–Kier alpha value is -0.560. The molecule has 8 heavy (non-hydrogen) atoms. The summed E-state index contributed by atoms with van der Waals surface area (Å²) in [7, 11) is 0. The third-order valence-electron chi connectivity index (χ3n) is 1.02. The van der Waals surface area contributed by atoms with Crippen LogP contribution in [0.4, 0.5) is 0 Å². The van der Waals surface area contributed by atoms with Crippen molar-refractivity contribution in [2.24, 2.45) is 0 Å². The maximum Gasteiger partial charge on any atom is 0.0471 e. The summed E-state index contributed by atoms with van der Waals surface area (Å²) in [4.78, 5) is 0. The molecule has 0 spiro atoms. The molecule has 0 amide bonds. The lowest BCUT2D eigenvalue weighted by Crippen LogP contribution is -1.86. The molecule has 0 bridgehead atoms. The van der Waals surface area contributed by atoms with Crippen LogP contribution in [0, 0.1) is 0 Å². The summed E-state index contributed by atoms with van der Waals surface area (Å²) in [5, 5.41) is 8.38. The molecule has 0 saturated carbocycles. The van der Waals surface area contributed by atoms with Gasteiger partial charge in [0.2, 0.25) is 0 Å². The summed E-state index contributed by atoms with van der Waals surface area (Å²) in [5.74, 6) is 0. The Morgan fingerprint density at radius 2 is 2.00 bits per heavy atom. The molecule has 0 aliphatic heterocycles. The lowest BCUT2D eigenvalue weighted by Gasteiger charge is -1.98. The lowest BCUT2D eigenvalue weighted by molar-refractivity contribution is 0.300. The fourth-order valence-electron chi connectivity index (χ4n) is 0.348. The fraction of sp³-hybridized carbons (Fsp3) is 0.429. The first kappa shape index (κ1) is 7.44. The predicted octanol–water partition coefficient (Wildman–Crippen LogP) is 1.50. The maximum absolute atomic E-state index is 8.38. The van der Waals surface area contributed by atoms with E-state index in [4.69, 9.17) is 5.11 Å². The predicted molar refractivity (Wildman–Crippen MR) is 35.7 cm³/mol. The molecule has 0 aliphatic carbocycles. The molecule has 0 aliphatic rings. The average Bonchev–Trinajstić information content (AvgIpc) is 1.67. The van der Waals surface area contributed by atoms with Crippen LogP contribution in [0.5, 0.6) is 0 Å². The van der Waals surface area contributed by atoms with Gasteiger partial charge in [-0.05, 0) is 13.3 Å². The van der Waals surface area contributed by atoms with Crippen molar-refractivity contribution in [2.75, 3.05) is 6.61 Å². The third kappa shape index (κ3) is 2.59. The molecule has 0 aromatic carbocycles. The first-order chi connectivity index (χ1) is 3.68. The van der Waals surface area contributed by atoms with Crippen molar-refractivity contribution in [3.63, 3.8) is 0 Å². The van der Waals surface area contributed by atoms with Crippen molar-refractivity contribution in [1.82, 2.24) is 0 Å². The Kier molecular flexibility index (Phi) is 3.20. The summed E-state index contributed by atoms with van der Waals surface area (Å²) in [6.45, 7) is 9.41. The molecular formula is C7H12O. The quantitative estimate of drug-likeness (QED) is 0.548. The van der Waals surface area contributed by atoms with E-state index >= 15 is 0 Å². The van der Waals surface area contributed by atoms with E-state index in [0.29, 0.717) is 6.42 Å². The molecular weight excluding hydrogens is 100 g/mol. The highest BCUT2D eigenvalue weighted by molar-refractivity contribution is 5.22. The second-order valence-electron chi connectivity index (χ2n) is 1.86. The van der Waals surface area contributed by atoms with Gasteiger partial charge in [-0.1, -0.05) is 24.3 Å². The second-order valence-corrected chi connectivity index (χ2v) is 1.86. The van der Waals surface area contributed by atoms with E-state index in [1.54, 1.807) is 0 Å². The van der Waals surface area contributed by atoms with E-state index < -0.39 is 0 Å². The van der Waals surface area contributed by atoms with Crippen molar-refractivity contribution in [1.29, 1.82) is 0 Å². The molecule has 0 rings (SSSR count). The lowest BCUT2D eigenvalue weighted by atomic mass is 10.1. The van der Waals surface area contributed by atoms with E-state index in [0.717, 1.165) is 11.1 Å². The van der Waals surface area contributed by atoms with E-state index in [9.17, 15) is 0 Å². The Morgan fingerprint density at radius 1 is 1.50 bits per heavy atom. The minimum atomic E-state index is 0.172. The highest BCUT2D eigenvalue weighted by atomic mass is 16.2. The average molecular weight is 112 g/mol. The van der Waals surface area contributed by atoms with Gasteiger partial charge in [-0.25, -0.2) is 0 Å². The molecule has 0 heterocycles. The molecule has 0 saturated heterocycles. The molecule has 46 valence electrons. The van der Waals surface area contributed by atoms with E-state index in [1.165, 1.54) is 0 Å². The van der Waals surface area contributed by atoms with Crippen LogP contribution in [0.2, 0.25) is 0 Å². The normalized spacial score (nSPS) is 8.75. The highest BCUT2D eigenvalue weighted by Crippen LogP contribution is 2.06. The van der Waals surface area contributed by atoms with Crippen molar-refractivity contribution in [3.8, 4) is 0 Å². The molecule has 0 radical (unpaired) electrons. The number of hydrogen-bond acceptors (Lipinski definition) is 1. The van der Waals surface area contributed by atoms with Gasteiger partial charge < -0.3 is 5.11 Å². The summed E-state index contributed by atoms with van der Waals surface area (Å²) in [5.41, 5.74) is 1.89. The van der Waals surface area contributed by atoms with E-state index in [-0.39, 0.29) is 6.61 Å². The van der Waals surface area contributed by atoms with Gasteiger partial charge in [0, 0.05) is 6.61 Å². The second kappa shape index (κ2) is 3.44. The maximum atomic E-state index is 8.38. The molecule has 0 fully saturated rings.